The third-order valence-electron chi connectivity index (χ3n) is 9.60. The largest absolute Gasteiger partial charge is 0.309 e. The molecule has 0 aliphatic rings. The lowest BCUT2D eigenvalue weighted by atomic mass is 9.90. The van der Waals surface area contributed by atoms with Crippen LogP contribution in [-0.4, -0.2) is 14.5 Å². The van der Waals surface area contributed by atoms with Crippen molar-refractivity contribution in [3.63, 3.8) is 0 Å². The number of benzene rings is 7. The number of para-hydroxylation sites is 1. The summed E-state index contributed by atoms with van der Waals surface area (Å²) >= 11 is 0. The Morgan fingerprint density at radius 3 is 1.85 bits per heavy atom. The summed E-state index contributed by atoms with van der Waals surface area (Å²) in [6.45, 7) is 0. The van der Waals surface area contributed by atoms with E-state index in [0.29, 0.717) is 0 Å². The fraction of sp³-hybridized carbons (Fsp3) is 0. The van der Waals surface area contributed by atoms with Crippen LogP contribution in [0, 0.1) is 0 Å². The molecule has 0 aliphatic heterocycles. The van der Waals surface area contributed by atoms with Crippen LogP contribution in [0.15, 0.2) is 164 Å². The van der Waals surface area contributed by atoms with Crippen molar-refractivity contribution < 1.29 is 0 Å². The SMILES string of the molecule is c1ccc(-c2ccc(-n3c4ccccc4c4cc5ccc6cc(-c7ccc(-c8ccccn8)nc7)cc7ccc(c5c67)c43)cc2)cc1. The fourth-order valence-corrected chi connectivity index (χ4v) is 7.44. The fourth-order valence-electron chi connectivity index (χ4n) is 7.44. The monoisotopic (exact) mass is 597 g/mol. The molecule has 0 amide bonds. The summed E-state index contributed by atoms with van der Waals surface area (Å²) < 4.78 is 2.45. The smallest absolute Gasteiger partial charge is 0.0886 e. The number of fused-ring (bicyclic) bond motifs is 4. The number of rotatable bonds is 4. The maximum atomic E-state index is 4.76. The van der Waals surface area contributed by atoms with E-state index in [1.165, 1.54) is 65.3 Å². The zero-order chi connectivity index (χ0) is 30.9. The Kier molecular flexibility index (Phi) is 5.57. The van der Waals surface area contributed by atoms with E-state index in [4.69, 9.17) is 4.98 Å². The Balaban J connectivity index is 1.18. The van der Waals surface area contributed by atoms with Crippen LogP contribution in [-0.2, 0) is 0 Å². The van der Waals surface area contributed by atoms with Crippen LogP contribution >= 0.6 is 0 Å². The quantitative estimate of drug-likeness (QED) is 0.189. The van der Waals surface area contributed by atoms with Gasteiger partial charge in [-0.15, -0.1) is 0 Å². The lowest BCUT2D eigenvalue weighted by molar-refractivity contribution is 1.19. The first-order chi connectivity index (χ1) is 23.3. The van der Waals surface area contributed by atoms with Crippen LogP contribution in [0.25, 0.3) is 93.5 Å². The molecule has 3 heterocycles. The Hall–Kier alpha value is -6.32. The number of nitrogens with zero attached hydrogens (tertiary/aromatic N) is 3. The summed E-state index contributed by atoms with van der Waals surface area (Å²) in [4.78, 5) is 9.21. The van der Waals surface area contributed by atoms with E-state index in [0.717, 1.165) is 28.2 Å². The van der Waals surface area contributed by atoms with Gasteiger partial charge >= 0.3 is 0 Å². The van der Waals surface area contributed by atoms with Crippen LogP contribution in [0.2, 0.25) is 0 Å². The van der Waals surface area contributed by atoms with Crippen LogP contribution in [0.5, 0.6) is 0 Å². The minimum absolute atomic E-state index is 0.876. The van der Waals surface area contributed by atoms with E-state index in [2.05, 4.69) is 143 Å². The van der Waals surface area contributed by atoms with Gasteiger partial charge in [0.15, 0.2) is 0 Å². The Morgan fingerprint density at radius 2 is 1.09 bits per heavy atom. The molecule has 0 spiro atoms. The molecule has 47 heavy (non-hydrogen) atoms. The van der Waals surface area contributed by atoms with Crippen molar-refractivity contribution in [1.82, 2.24) is 14.5 Å². The molecule has 3 heteroatoms. The van der Waals surface area contributed by atoms with Gasteiger partial charge in [0.2, 0.25) is 0 Å². The maximum absolute atomic E-state index is 4.76. The van der Waals surface area contributed by atoms with Crippen molar-refractivity contribution in [2.24, 2.45) is 0 Å². The van der Waals surface area contributed by atoms with E-state index >= 15 is 0 Å². The molecule has 218 valence electrons. The number of hydrogen-bond acceptors (Lipinski definition) is 2. The predicted octanol–water partition coefficient (Wildman–Crippen LogP) is 11.5. The second kappa shape index (κ2) is 10.1. The highest BCUT2D eigenvalue weighted by atomic mass is 15.0. The molecule has 7 aromatic carbocycles. The molecule has 3 aromatic heterocycles. The molecule has 10 rings (SSSR count). The van der Waals surface area contributed by atoms with E-state index in [9.17, 15) is 0 Å². The molecule has 0 bridgehead atoms. The Bertz CT molecular complexity index is 2720. The second-order valence-electron chi connectivity index (χ2n) is 12.3. The molecular weight excluding hydrogens is 571 g/mol. The van der Waals surface area contributed by atoms with Crippen molar-refractivity contribution in [2.75, 3.05) is 0 Å². The van der Waals surface area contributed by atoms with E-state index in [-0.39, 0.29) is 0 Å². The molecule has 0 fully saturated rings. The van der Waals surface area contributed by atoms with Gasteiger partial charge in [0.1, 0.15) is 0 Å². The molecule has 0 saturated heterocycles. The molecule has 3 nitrogen and oxygen atoms in total. The zero-order valence-corrected chi connectivity index (χ0v) is 25.4. The van der Waals surface area contributed by atoms with Crippen LogP contribution in [0.1, 0.15) is 0 Å². The second-order valence-corrected chi connectivity index (χ2v) is 12.3. The highest BCUT2D eigenvalue weighted by Crippen LogP contribution is 2.44. The normalized spacial score (nSPS) is 11.8. The number of hydrogen-bond donors (Lipinski definition) is 0. The highest BCUT2D eigenvalue weighted by Gasteiger charge is 2.19. The van der Waals surface area contributed by atoms with Crippen LogP contribution in [0.4, 0.5) is 0 Å². The predicted molar refractivity (Wildman–Crippen MR) is 196 cm³/mol. The highest BCUT2D eigenvalue weighted by molar-refractivity contribution is 6.32. The molecular formula is C44H27N3. The van der Waals surface area contributed by atoms with Crippen molar-refractivity contribution >= 4 is 54.1 Å². The van der Waals surface area contributed by atoms with Crippen molar-refractivity contribution in [1.29, 1.82) is 0 Å². The molecule has 0 atom stereocenters. The van der Waals surface area contributed by atoms with Crippen molar-refractivity contribution in [3.8, 4) is 39.3 Å². The minimum Gasteiger partial charge on any atom is -0.309 e. The lowest BCUT2D eigenvalue weighted by Gasteiger charge is -2.16. The minimum atomic E-state index is 0.876. The van der Waals surface area contributed by atoms with Gasteiger partial charge in [-0.1, -0.05) is 97.1 Å². The molecule has 0 unspecified atom stereocenters. The summed E-state index contributed by atoms with van der Waals surface area (Å²) in [5.41, 5.74) is 10.1. The number of pyridine rings is 2. The Labute approximate surface area is 271 Å². The van der Waals surface area contributed by atoms with Crippen molar-refractivity contribution in [2.45, 2.75) is 0 Å². The third kappa shape index (κ3) is 4.00. The van der Waals surface area contributed by atoms with Crippen LogP contribution < -0.4 is 0 Å². The summed E-state index contributed by atoms with van der Waals surface area (Å²) in [5.74, 6) is 0. The van der Waals surface area contributed by atoms with Gasteiger partial charge in [-0.2, -0.15) is 0 Å². The molecule has 0 saturated carbocycles. The van der Waals surface area contributed by atoms with E-state index < -0.39 is 0 Å². The van der Waals surface area contributed by atoms with E-state index in [1.54, 1.807) is 6.20 Å². The third-order valence-corrected chi connectivity index (χ3v) is 9.60. The topological polar surface area (TPSA) is 30.7 Å². The Morgan fingerprint density at radius 1 is 0.404 bits per heavy atom. The average molecular weight is 598 g/mol. The summed E-state index contributed by atoms with van der Waals surface area (Å²) in [6.07, 6.45) is 3.76. The van der Waals surface area contributed by atoms with Gasteiger partial charge in [0.05, 0.1) is 22.4 Å². The van der Waals surface area contributed by atoms with Gasteiger partial charge in [-0.25, -0.2) is 0 Å². The van der Waals surface area contributed by atoms with Gasteiger partial charge in [0, 0.05) is 39.8 Å². The summed E-state index contributed by atoms with van der Waals surface area (Å²) in [6, 6.07) is 54.7. The van der Waals surface area contributed by atoms with Crippen LogP contribution in [0.3, 0.4) is 0 Å². The van der Waals surface area contributed by atoms with Gasteiger partial charge in [-0.3, -0.25) is 9.97 Å². The molecule has 0 aliphatic carbocycles. The van der Waals surface area contributed by atoms with Gasteiger partial charge < -0.3 is 4.57 Å². The zero-order valence-electron chi connectivity index (χ0n) is 25.4. The first-order valence-electron chi connectivity index (χ1n) is 16.0. The summed E-state index contributed by atoms with van der Waals surface area (Å²) in [5, 5.41) is 10.2. The lowest BCUT2D eigenvalue weighted by Crippen LogP contribution is -1.95. The standard InChI is InChI=1S/C44H27N3/c1-2-8-28(9-3-1)29-15-19-35(20-16-29)47-41-12-5-4-10-36(41)38-26-32-14-13-30-24-34(25-31-17-21-37(44(38)47)43(32)42(30)31)33-18-22-40(46-27-33)39-11-6-7-23-45-39/h1-27H. The molecule has 0 radical (unpaired) electrons. The first-order valence-corrected chi connectivity index (χ1v) is 16.0. The molecule has 10 aromatic rings. The number of aromatic nitrogens is 3. The molecule has 0 N–H and O–H groups in total. The van der Waals surface area contributed by atoms with Gasteiger partial charge in [0.25, 0.3) is 0 Å². The maximum Gasteiger partial charge on any atom is 0.0886 e. The first kappa shape index (κ1) is 26.0. The van der Waals surface area contributed by atoms with Crippen molar-refractivity contribution in [3.05, 3.63) is 164 Å². The van der Waals surface area contributed by atoms with E-state index in [1.807, 2.05) is 24.4 Å². The van der Waals surface area contributed by atoms with Gasteiger partial charge in [-0.05, 0) is 98.2 Å². The summed E-state index contributed by atoms with van der Waals surface area (Å²) in [7, 11) is 0. The average Bonchev–Trinajstić information content (AvgIpc) is 3.48.